The van der Waals surface area contributed by atoms with Crippen molar-refractivity contribution >= 4 is 10.9 Å². The van der Waals surface area contributed by atoms with E-state index in [-0.39, 0.29) is 6.04 Å². The third kappa shape index (κ3) is 1.96. The van der Waals surface area contributed by atoms with Crippen molar-refractivity contribution in [3.8, 4) is 0 Å². The highest BCUT2D eigenvalue weighted by Gasteiger charge is 2.11. The van der Waals surface area contributed by atoms with Crippen LogP contribution in [0.25, 0.3) is 10.9 Å². The summed E-state index contributed by atoms with van der Waals surface area (Å²) in [5.74, 6) is 5.56. The van der Waals surface area contributed by atoms with E-state index in [4.69, 9.17) is 5.84 Å². The molecule has 0 bridgehead atoms. The molecule has 2 aromatic rings. The van der Waals surface area contributed by atoms with E-state index in [1.807, 2.05) is 36.4 Å². The molecule has 1 aromatic heterocycles. The molecule has 3 heteroatoms. The summed E-state index contributed by atoms with van der Waals surface area (Å²) in [5.41, 5.74) is 4.91. The molecule has 1 heterocycles. The number of pyridine rings is 1. The van der Waals surface area contributed by atoms with Gasteiger partial charge in [-0.1, -0.05) is 30.3 Å². The highest BCUT2D eigenvalue weighted by molar-refractivity contribution is 5.82. The molecule has 3 N–H and O–H groups in total. The van der Waals surface area contributed by atoms with E-state index in [0.717, 1.165) is 22.9 Å². The number of nitrogens with zero attached hydrogens (tertiary/aromatic N) is 1. The van der Waals surface area contributed by atoms with Gasteiger partial charge in [0.15, 0.2) is 0 Å². The van der Waals surface area contributed by atoms with Gasteiger partial charge in [-0.3, -0.25) is 16.3 Å². The molecule has 1 unspecified atom stereocenters. The predicted octanol–water partition coefficient (Wildman–Crippen LogP) is 2.32. The smallest absolute Gasteiger partial charge is 0.0750 e. The van der Waals surface area contributed by atoms with Crippen LogP contribution >= 0.6 is 0 Å². The molecule has 0 radical (unpaired) electrons. The van der Waals surface area contributed by atoms with E-state index in [1.165, 1.54) is 0 Å². The SMILES string of the molecule is C=CCC(NN)c1cccc2cccnc12. The van der Waals surface area contributed by atoms with Gasteiger partial charge in [0.1, 0.15) is 0 Å². The first kappa shape index (κ1) is 10.8. The number of hydrazine groups is 1. The molecular weight excluding hydrogens is 198 g/mol. The summed E-state index contributed by atoms with van der Waals surface area (Å²) >= 11 is 0. The molecule has 3 nitrogen and oxygen atoms in total. The fourth-order valence-corrected chi connectivity index (χ4v) is 1.86. The van der Waals surface area contributed by atoms with Crippen molar-refractivity contribution in [2.75, 3.05) is 0 Å². The van der Waals surface area contributed by atoms with Crippen molar-refractivity contribution in [3.63, 3.8) is 0 Å². The number of para-hydroxylation sites is 1. The Bertz CT molecular complexity index is 488. The Morgan fingerprint density at radius 1 is 1.38 bits per heavy atom. The average molecular weight is 213 g/mol. The first-order valence-corrected chi connectivity index (χ1v) is 5.27. The van der Waals surface area contributed by atoms with E-state index in [0.29, 0.717) is 0 Å². The molecular formula is C13H15N3. The van der Waals surface area contributed by atoms with Crippen LogP contribution in [0.15, 0.2) is 49.2 Å². The molecule has 2 rings (SSSR count). The molecule has 0 aliphatic carbocycles. The lowest BCUT2D eigenvalue weighted by Gasteiger charge is -2.15. The minimum Gasteiger partial charge on any atom is -0.271 e. The molecule has 0 aliphatic rings. The van der Waals surface area contributed by atoms with Crippen LogP contribution in [0, 0.1) is 0 Å². The average Bonchev–Trinajstić information content (AvgIpc) is 2.35. The van der Waals surface area contributed by atoms with Gasteiger partial charge in [-0.25, -0.2) is 0 Å². The number of hydrogen-bond acceptors (Lipinski definition) is 3. The zero-order chi connectivity index (χ0) is 11.4. The minimum atomic E-state index is 0.0658. The van der Waals surface area contributed by atoms with Crippen molar-refractivity contribution < 1.29 is 0 Å². The number of aromatic nitrogens is 1. The van der Waals surface area contributed by atoms with Crippen LogP contribution in [0.4, 0.5) is 0 Å². The van der Waals surface area contributed by atoms with E-state index in [1.54, 1.807) is 6.20 Å². The van der Waals surface area contributed by atoms with Crippen molar-refractivity contribution in [1.29, 1.82) is 0 Å². The summed E-state index contributed by atoms with van der Waals surface area (Å²) in [6.07, 6.45) is 4.44. The van der Waals surface area contributed by atoms with Crippen LogP contribution in [0.5, 0.6) is 0 Å². The van der Waals surface area contributed by atoms with Gasteiger partial charge in [0.05, 0.1) is 11.6 Å². The quantitative estimate of drug-likeness (QED) is 0.465. The van der Waals surface area contributed by atoms with Gasteiger partial charge in [0.25, 0.3) is 0 Å². The lowest BCUT2D eigenvalue weighted by Crippen LogP contribution is -2.27. The second kappa shape index (κ2) is 4.88. The van der Waals surface area contributed by atoms with Gasteiger partial charge < -0.3 is 0 Å². The maximum Gasteiger partial charge on any atom is 0.0750 e. The Morgan fingerprint density at radius 3 is 2.94 bits per heavy atom. The zero-order valence-corrected chi connectivity index (χ0v) is 9.06. The first-order chi connectivity index (χ1) is 7.86. The summed E-state index contributed by atoms with van der Waals surface area (Å²) in [5, 5.41) is 1.13. The summed E-state index contributed by atoms with van der Waals surface area (Å²) in [4.78, 5) is 4.40. The molecule has 0 saturated heterocycles. The molecule has 0 amide bonds. The zero-order valence-electron chi connectivity index (χ0n) is 9.06. The van der Waals surface area contributed by atoms with Crippen LogP contribution in [-0.2, 0) is 0 Å². The number of nitrogens with two attached hydrogens (primary N) is 1. The lowest BCUT2D eigenvalue weighted by atomic mass is 10.0. The van der Waals surface area contributed by atoms with Crippen LogP contribution < -0.4 is 11.3 Å². The Morgan fingerprint density at radius 2 is 2.19 bits per heavy atom. The molecule has 0 aliphatic heterocycles. The first-order valence-electron chi connectivity index (χ1n) is 5.27. The summed E-state index contributed by atoms with van der Waals surface area (Å²) in [6, 6.07) is 10.2. The molecule has 0 spiro atoms. The molecule has 82 valence electrons. The third-order valence-electron chi connectivity index (χ3n) is 2.64. The molecule has 16 heavy (non-hydrogen) atoms. The van der Waals surface area contributed by atoms with Gasteiger partial charge >= 0.3 is 0 Å². The lowest BCUT2D eigenvalue weighted by molar-refractivity contribution is 0.564. The molecule has 1 atom stereocenters. The Kier molecular flexibility index (Phi) is 3.29. The van der Waals surface area contributed by atoms with Gasteiger partial charge in [-0.05, 0) is 18.1 Å². The van der Waals surface area contributed by atoms with Crippen molar-refractivity contribution in [2.24, 2.45) is 5.84 Å². The second-order valence-electron chi connectivity index (χ2n) is 3.67. The van der Waals surface area contributed by atoms with Gasteiger partial charge in [0.2, 0.25) is 0 Å². The van der Waals surface area contributed by atoms with Crippen LogP contribution in [0.3, 0.4) is 0 Å². The third-order valence-corrected chi connectivity index (χ3v) is 2.64. The molecule has 1 aromatic carbocycles. The van der Waals surface area contributed by atoms with Gasteiger partial charge in [-0.15, -0.1) is 6.58 Å². The second-order valence-corrected chi connectivity index (χ2v) is 3.67. The maximum atomic E-state index is 5.56. The van der Waals surface area contributed by atoms with Gasteiger partial charge in [0, 0.05) is 11.6 Å². The summed E-state index contributed by atoms with van der Waals surface area (Å²) < 4.78 is 0. The monoisotopic (exact) mass is 213 g/mol. The molecule has 0 fully saturated rings. The number of nitrogens with one attached hydrogen (secondary N) is 1. The number of rotatable bonds is 4. The summed E-state index contributed by atoms with van der Waals surface area (Å²) in [7, 11) is 0. The highest BCUT2D eigenvalue weighted by atomic mass is 15.2. The van der Waals surface area contributed by atoms with Crippen molar-refractivity contribution in [1.82, 2.24) is 10.4 Å². The number of hydrogen-bond donors (Lipinski definition) is 2. The Labute approximate surface area is 95.0 Å². The highest BCUT2D eigenvalue weighted by Crippen LogP contribution is 2.24. The van der Waals surface area contributed by atoms with E-state index in [9.17, 15) is 0 Å². The predicted molar refractivity (Wildman–Crippen MR) is 66.6 cm³/mol. The van der Waals surface area contributed by atoms with E-state index in [2.05, 4.69) is 17.0 Å². The largest absolute Gasteiger partial charge is 0.271 e. The van der Waals surface area contributed by atoms with Crippen molar-refractivity contribution in [3.05, 3.63) is 54.7 Å². The molecule has 0 saturated carbocycles. The van der Waals surface area contributed by atoms with E-state index >= 15 is 0 Å². The number of fused-ring (bicyclic) bond motifs is 1. The van der Waals surface area contributed by atoms with E-state index < -0.39 is 0 Å². The number of benzene rings is 1. The fraction of sp³-hybridized carbons (Fsp3) is 0.154. The van der Waals surface area contributed by atoms with Crippen LogP contribution in [0.2, 0.25) is 0 Å². The Balaban J connectivity index is 2.54. The van der Waals surface area contributed by atoms with Crippen molar-refractivity contribution in [2.45, 2.75) is 12.5 Å². The summed E-state index contributed by atoms with van der Waals surface area (Å²) in [6.45, 7) is 3.74. The normalized spacial score (nSPS) is 12.6. The van der Waals surface area contributed by atoms with Crippen LogP contribution in [-0.4, -0.2) is 4.98 Å². The fourth-order valence-electron chi connectivity index (χ4n) is 1.86. The maximum absolute atomic E-state index is 5.56. The van der Waals surface area contributed by atoms with Gasteiger partial charge in [-0.2, -0.15) is 0 Å². The topological polar surface area (TPSA) is 50.9 Å². The minimum absolute atomic E-state index is 0.0658. The standard InChI is InChI=1S/C13H15N3/c1-2-5-12(16-14)11-8-3-6-10-7-4-9-15-13(10)11/h2-4,6-9,12,16H,1,5,14H2. The Hall–Kier alpha value is -1.71. The van der Waals surface area contributed by atoms with Crippen LogP contribution in [0.1, 0.15) is 18.0 Å².